The predicted octanol–water partition coefficient (Wildman–Crippen LogP) is 3.63. The Morgan fingerprint density at radius 1 is 1.28 bits per heavy atom. The van der Waals surface area contributed by atoms with E-state index in [0.717, 1.165) is 23.0 Å². The first-order valence-electron chi connectivity index (χ1n) is 8.60. The number of aryl methyl sites for hydroxylation is 2. The van der Waals surface area contributed by atoms with Crippen molar-refractivity contribution >= 4 is 34.5 Å². The molecule has 138 valence electrons. The Bertz CT molecular complexity index is 862. The minimum atomic E-state index is -0.446. The van der Waals surface area contributed by atoms with Crippen molar-refractivity contribution in [1.82, 2.24) is 19.1 Å². The number of allylic oxidation sites excluding steroid dienone is 1. The van der Waals surface area contributed by atoms with Gasteiger partial charge in [0, 0.05) is 24.4 Å². The van der Waals surface area contributed by atoms with E-state index in [4.69, 9.17) is 11.6 Å². The maximum absolute atomic E-state index is 12.3. The van der Waals surface area contributed by atoms with Gasteiger partial charge in [0.2, 0.25) is 0 Å². The molecule has 2 heterocycles. The van der Waals surface area contributed by atoms with Crippen LogP contribution < -0.4 is 11.2 Å². The highest BCUT2D eigenvalue weighted by atomic mass is 35.5. The summed E-state index contributed by atoms with van der Waals surface area (Å²) < 4.78 is 3.32. The highest BCUT2D eigenvalue weighted by Crippen LogP contribution is 2.23. The number of aromatic nitrogens is 4. The van der Waals surface area contributed by atoms with Gasteiger partial charge in [-0.05, 0) is 13.3 Å². The number of imidazole rings is 1. The molecule has 2 aromatic heterocycles. The molecular formula is C17H25ClN4O2S. The second kappa shape index (κ2) is 9.29. The van der Waals surface area contributed by atoms with E-state index in [0.29, 0.717) is 23.5 Å². The number of hydrogen-bond acceptors (Lipinski definition) is 4. The standard InChI is InChI=1S/C17H25ClN4O2S/c1-4-5-6-7-8-10-22-13-14(21(3)16(24)20-15(13)23)19-17(22)25-11-9-12(2)18/h9H,4-8,10-11H2,1-3H3,(H,20,23,24)/b12-9-. The lowest BCUT2D eigenvalue weighted by molar-refractivity contribution is 0.552. The Morgan fingerprint density at radius 2 is 2.00 bits per heavy atom. The summed E-state index contributed by atoms with van der Waals surface area (Å²) in [5, 5.41) is 1.46. The van der Waals surface area contributed by atoms with E-state index in [2.05, 4.69) is 16.9 Å². The van der Waals surface area contributed by atoms with Crippen LogP contribution in [0.3, 0.4) is 0 Å². The summed E-state index contributed by atoms with van der Waals surface area (Å²) >= 11 is 7.40. The smallest absolute Gasteiger partial charge is 0.313 e. The van der Waals surface area contributed by atoms with E-state index >= 15 is 0 Å². The summed E-state index contributed by atoms with van der Waals surface area (Å²) in [6.45, 7) is 4.73. The molecule has 0 aromatic carbocycles. The molecule has 0 spiro atoms. The summed E-state index contributed by atoms with van der Waals surface area (Å²) in [4.78, 5) is 31.1. The van der Waals surface area contributed by atoms with E-state index in [1.165, 1.54) is 35.6 Å². The maximum Gasteiger partial charge on any atom is 0.329 e. The summed E-state index contributed by atoms with van der Waals surface area (Å²) in [5.74, 6) is 0.667. The number of fused-ring (bicyclic) bond motifs is 1. The summed E-state index contributed by atoms with van der Waals surface area (Å²) in [6, 6.07) is 0. The fraction of sp³-hybridized carbons (Fsp3) is 0.588. The van der Waals surface area contributed by atoms with Crippen molar-refractivity contribution in [2.75, 3.05) is 5.75 Å². The molecule has 2 aromatic rings. The number of unbranched alkanes of at least 4 members (excludes halogenated alkanes) is 4. The molecule has 1 N–H and O–H groups in total. The summed E-state index contributed by atoms with van der Waals surface area (Å²) in [5.41, 5.74) is 0.0660. The molecule has 0 aliphatic heterocycles. The van der Waals surface area contributed by atoms with Crippen molar-refractivity contribution in [3.05, 3.63) is 31.9 Å². The second-order valence-electron chi connectivity index (χ2n) is 6.05. The molecule has 8 heteroatoms. The van der Waals surface area contributed by atoms with Gasteiger partial charge in [-0.3, -0.25) is 14.3 Å². The van der Waals surface area contributed by atoms with Gasteiger partial charge in [-0.15, -0.1) is 0 Å². The molecule has 0 fully saturated rings. The third-order valence-electron chi connectivity index (χ3n) is 4.03. The number of halogens is 1. The molecule has 0 saturated heterocycles. The largest absolute Gasteiger partial charge is 0.329 e. The minimum Gasteiger partial charge on any atom is -0.313 e. The lowest BCUT2D eigenvalue weighted by atomic mass is 10.1. The highest BCUT2D eigenvalue weighted by molar-refractivity contribution is 7.99. The number of rotatable bonds is 9. The van der Waals surface area contributed by atoms with E-state index in [-0.39, 0.29) is 5.56 Å². The summed E-state index contributed by atoms with van der Waals surface area (Å²) in [7, 11) is 1.62. The fourth-order valence-electron chi connectivity index (χ4n) is 2.64. The van der Waals surface area contributed by atoms with Crippen LogP contribution in [0.1, 0.15) is 46.0 Å². The van der Waals surface area contributed by atoms with Gasteiger partial charge in [0.05, 0.1) is 0 Å². The maximum atomic E-state index is 12.3. The van der Waals surface area contributed by atoms with Crippen LogP contribution in [0.5, 0.6) is 0 Å². The number of nitrogens with one attached hydrogen (secondary N) is 1. The average Bonchev–Trinajstić information content (AvgIpc) is 2.91. The van der Waals surface area contributed by atoms with Gasteiger partial charge >= 0.3 is 5.69 Å². The van der Waals surface area contributed by atoms with Crippen LogP contribution in [-0.2, 0) is 13.6 Å². The van der Waals surface area contributed by atoms with Crippen LogP contribution in [0.4, 0.5) is 0 Å². The monoisotopic (exact) mass is 384 g/mol. The molecule has 25 heavy (non-hydrogen) atoms. The zero-order valence-corrected chi connectivity index (χ0v) is 16.5. The van der Waals surface area contributed by atoms with Crippen LogP contribution in [0.15, 0.2) is 25.9 Å². The Morgan fingerprint density at radius 3 is 2.68 bits per heavy atom. The van der Waals surface area contributed by atoms with Gasteiger partial charge in [0.25, 0.3) is 5.56 Å². The van der Waals surface area contributed by atoms with Crippen molar-refractivity contribution < 1.29 is 0 Å². The first kappa shape index (κ1) is 19.8. The molecule has 0 bridgehead atoms. The van der Waals surface area contributed by atoms with Crippen LogP contribution in [0, 0.1) is 0 Å². The van der Waals surface area contributed by atoms with Crippen LogP contribution in [-0.4, -0.2) is 24.9 Å². The Balaban J connectivity index is 2.35. The Kier molecular flexibility index (Phi) is 7.38. The van der Waals surface area contributed by atoms with Gasteiger partial charge < -0.3 is 4.57 Å². The number of thioether (sulfide) groups is 1. The first-order chi connectivity index (χ1) is 12.0. The van der Waals surface area contributed by atoms with Crippen LogP contribution in [0.25, 0.3) is 11.2 Å². The number of nitrogens with zero attached hydrogens (tertiary/aromatic N) is 3. The van der Waals surface area contributed by atoms with E-state index < -0.39 is 5.69 Å². The van der Waals surface area contributed by atoms with Crippen LogP contribution in [0.2, 0.25) is 0 Å². The minimum absolute atomic E-state index is 0.380. The highest BCUT2D eigenvalue weighted by Gasteiger charge is 2.17. The second-order valence-corrected chi connectivity index (χ2v) is 7.64. The fourth-order valence-corrected chi connectivity index (χ4v) is 3.78. The van der Waals surface area contributed by atoms with E-state index in [1.54, 1.807) is 7.05 Å². The molecule has 0 saturated carbocycles. The third kappa shape index (κ3) is 5.01. The molecule has 0 aliphatic rings. The Labute approximate surface area is 156 Å². The lowest BCUT2D eigenvalue weighted by Gasteiger charge is -2.08. The number of H-pyrrole nitrogens is 1. The van der Waals surface area contributed by atoms with Gasteiger partial charge in [-0.25, -0.2) is 9.78 Å². The van der Waals surface area contributed by atoms with Crippen molar-refractivity contribution in [3.8, 4) is 0 Å². The quantitative estimate of drug-likeness (QED) is 0.529. The van der Waals surface area contributed by atoms with Gasteiger partial charge in [0.1, 0.15) is 0 Å². The first-order valence-corrected chi connectivity index (χ1v) is 9.96. The molecule has 0 radical (unpaired) electrons. The molecule has 2 rings (SSSR count). The normalized spacial score (nSPS) is 12.2. The van der Waals surface area contributed by atoms with Crippen molar-refractivity contribution in [3.63, 3.8) is 0 Å². The SMILES string of the molecule is CCCCCCCn1c(SC/C=C(/C)Cl)nc2c1c(=O)[nH]c(=O)n2C. The summed E-state index contributed by atoms with van der Waals surface area (Å²) in [6.07, 6.45) is 7.60. The molecule has 6 nitrogen and oxygen atoms in total. The Hall–Kier alpha value is -1.47. The topological polar surface area (TPSA) is 72.7 Å². The molecule has 0 amide bonds. The molecule has 0 unspecified atom stereocenters. The predicted molar refractivity (Wildman–Crippen MR) is 105 cm³/mol. The van der Waals surface area contributed by atoms with Crippen molar-refractivity contribution in [2.24, 2.45) is 7.05 Å². The molecule has 0 atom stereocenters. The van der Waals surface area contributed by atoms with Crippen molar-refractivity contribution in [1.29, 1.82) is 0 Å². The number of aromatic amines is 1. The van der Waals surface area contributed by atoms with Gasteiger partial charge in [-0.2, -0.15) is 0 Å². The molecular weight excluding hydrogens is 360 g/mol. The third-order valence-corrected chi connectivity index (χ3v) is 5.09. The van der Waals surface area contributed by atoms with Crippen molar-refractivity contribution in [2.45, 2.75) is 57.7 Å². The van der Waals surface area contributed by atoms with Crippen LogP contribution >= 0.6 is 23.4 Å². The zero-order valence-electron chi connectivity index (χ0n) is 15.0. The number of hydrogen-bond donors (Lipinski definition) is 1. The van der Waals surface area contributed by atoms with E-state index in [1.807, 2.05) is 17.6 Å². The lowest BCUT2D eigenvalue weighted by Crippen LogP contribution is -2.29. The molecule has 0 aliphatic carbocycles. The average molecular weight is 385 g/mol. The van der Waals surface area contributed by atoms with Gasteiger partial charge in [0.15, 0.2) is 16.3 Å². The van der Waals surface area contributed by atoms with E-state index in [9.17, 15) is 9.59 Å². The zero-order chi connectivity index (χ0) is 18.4. The van der Waals surface area contributed by atoms with Gasteiger partial charge in [-0.1, -0.05) is 62.0 Å².